The first-order chi connectivity index (χ1) is 10.3. The number of carbonyl (C=O) groups is 4. The van der Waals surface area contributed by atoms with Gasteiger partial charge in [0.15, 0.2) is 0 Å². The largest absolute Gasteiger partial charge is 0.481 e. The summed E-state index contributed by atoms with van der Waals surface area (Å²) in [5, 5.41) is 33.9. The van der Waals surface area contributed by atoms with E-state index in [1.807, 2.05) is 0 Å². The maximum Gasteiger partial charge on any atom is 0.326 e. The molecule has 1 heterocycles. The number of hydrogen-bond acceptors (Lipinski definition) is 6. The van der Waals surface area contributed by atoms with Crippen LogP contribution in [0.2, 0.25) is 0 Å². The fourth-order valence-electron chi connectivity index (χ4n) is 1.98. The lowest BCUT2D eigenvalue weighted by atomic mass is 10.1. The molecule has 22 heavy (non-hydrogen) atoms. The van der Waals surface area contributed by atoms with Gasteiger partial charge >= 0.3 is 11.9 Å². The third-order valence-corrected chi connectivity index (χ3v) is 3.13. The van der Waals surface area contributed by atoms with Gasteiger partial charge in [-0.1, -0.05) is 0 Å². The highest BCUT2D eigenvalue weighted by molar-refractivity contribution is 5.89. The van der Waals surface area contributed by atoms with Gasteiger partial charge in [0.05, 0.1) is 18.7 Å². The number of nitrogens with one attached hydrogen (secondary N) is 3. The fraction of sp³-hybridized carbons (Fsp3) is 0.667. The summed E-state index contributed by atoms with van der Waals surface area (Å²) in [6.45, 7) is -0.134. The minimum absolute atomic E-state index is 0.240. The molecular formula is C12H19N3O7. The Hall–Kier alpha value is -2.20. The fourth-order valence-corrected chi connectivity index (χ4v) is 1.98. The number of aliphatic hydroxyl groups is 1. The van der Waals surface area contributed by atoms with Crippen LogP contribution in [0.3, 0.4) is 0 Å². The number of carbonyl (C=O) groups excluding carboxylic acids is 2. The summed E-state index contributed by atoms with van der Waals surface area (Å²) in [7, 11) is 0. The first-order valence-electron chi connectivity index (χ1n) is 6.72. The number of aliphatic carboxylic acids is 2. The summed E-state index contributed by atoms with van der Waals surface area (Å²) in [5.74, 6) is -3.71. The first-order valence-corrected chi connectivity index (χ1v) is 6.72. The lowest BCUT2D eigenvalue weighted by molar-refractivity contribution is -0.143. The van der Waals surface area contributed by atoms with Crippen molar-refractivity contribution >= 4 is 23.8 Å². The molecule has 0 saturated carbocycles. The van der Waals surface area contributed by atoms with Gasteiger partial charge < -0.3 is 31.3 Å². The molecule has 0 spiro atoms. The quantitative estimate of drug-likeness (QED) is 0.280. The zero-order valence-corrected chi connectivity index (χ0v) is 11.7. The Balaban J connectivity index is 2.35. The molecule has 1 aliphatic heterocycles. The Morgan fingerprint density at radius 3 is 2.41 bits per heavy atom. The van der Waals surface area contributed by atoms with Crippen LogP contribution in [0.15, 0.2) is 0 Å². The predicted molar refractivity (Wildman–Crippen MR) is 71.9 cm³/mol. The molecule has 0 bridgehead atoms. The lowest BCUT2D eigenvalue weighted by Crippen LogP contribution is -2.48. The van der Waals surface area contributed by atoms with Crippen molar-refractivity contribution < 1.29 is 34.5 Å². The van der Waals surface area contributed by atoms with Gasteiger partial charge in [0.2, 0.25) is 11.8 Å². The second-order valence-corrected chi connectivity index (χ2v) is 4.96. The smallest absolute Gasteiger partial charge is 0.326 e. The average molecular weight is 317 g/mol. The van der Waals surface area contributed by atoms with E-state index in [9.17, 15) is 24.3 Å². The monoisotopic (exact) mass is 317 g/mol. The number of β-amino-alcohol motifs (C(OH)–C–C–N with tert-alkyl or cyclic N) is 1. The zero-order chi connectivity index (χ0) is 16.7. The molecular weight excluding hydrogens is 298 g/mol. The Kier molecular flexibility index (Phi) is 6.73. The molecule has 1 rings (SSSR count). The molecule has 10 nitrogen and oxygen atoms in total. The van der Waals surface area contributed by atoms with Crippen LogP contribution in [-0.2, 0) is 19.2 Å². The highest BCUT2D eigenvalue weighted by atomic mass is 16.4. The van der Waals surface area contributed by atoms with Crippen molar-refractivity contribution in [2.24, 2.45) is 0 Å². The summed E-state index contributed by atoms with van der Waals surface area (Å²) in [4.78, 5) is 44.6. The maximum atomic E-state index is 11.7. The van der Waals surface area contributed by atoms with Crippen LogP contribution in [0.4, 0.5) is 0 Å². The van der Waals surface area contributed by atoms with Gasteiger partial charge in [-0.2, -0.15) is 0 Å². The first kappa shape index (κ1) is 17.9. The van der Waals surface area contributed by atoms with Crippen molar-refractivity contribution in [3.63, 3.8) is 0 Å². The van der Waals surface area contributed by atoms with E-state index >= 15 is 0 Å². The molecule has 0 aliphatic carbocycles. The summed E-state index contributed by atoms with van der Waals surface area (Å²) < 4.78 is 0. The van der Waals surface area contributed by atoms with Gasteiger partial charge in [0.1, 0.15) is 6.04 Å². The van der Waals surface area contributed by atoms with E-state index in [0.717, 1.165) is 0 Å². The highest BCUT2D eigenvalue weighted by Crippen LogP contribution is 2.05. The number of aliphatic hydroxyl groups excluding tert-OH is 1. The topological polar surface area (TPSA) is 165 Å². The minimum atomic E-state index is -1.35. The van der Waals surface area contributed by atoms with Crippen LogP contribution in [0.25, 0.3) is 0 Å². The van der Waals surface area contributed by atoms with E-state index in [4.69, 9.17) is 10.2 Å². The third kappa shape index (κ3) is 6.06. The molecule has 2 amide bonds. The van der Waals surface area contributed by atoms with E-state index in [0.29, 0.717) is 6.54 Å². The Morgan fingerprint density at radius 2 is 1.91 bits per heavy atom. The van der Waals surface area contributed by atoms with Crippen molar-refractivity contribution in [1.29, 1.82) is 0 Å². The van der Waals surface area contributed by atoms with Crippen LogP contribution >= 0.6 is 0 Å². The predicted octanol–water partition coefficient (Wildman–Crippen LogP) is -2.74. The number of carboxylic acid groups (broad SMARTS) is 2. The number of carboxylic acids is 2. The van der Waals surface area contributed by atoms with Gasteiger partial charge in [-0.05, 0) is 12.8 Å². The van der Waals surface area contributed by atoms with E-state index in [-0.39, 0.29) is 12.8 Å². The standard InChI is InChI=1S/C12H19N3O7/c16-6-3-8(13-4-6)11(20)14-5-9(17)15-7(12(21)22)1-2-10(18)19/h6-8,13,16H,1-5H2,(H,14,20)(H,15,17)(H,18,19)(H,21,22)/t6-,7+,8+/m1/s1. The van der Waals surface area contributed by atoms with Crippen LogP contribution in [-0.4, -0.2) is 70.3 Å². The summed E-state index contributed by atoms with van der Waals surface area (Å²) >= 11 is 0. The lowest BCUT2D eigenvalue weighted by Gasteiger charge is -2.15. The van der Waals surface area contributed by atoms with Crippen LogP contribution in [0.1, 0.15) is 19.3 Å². The van der Waals surface area contributed by atoms with E-state index < -0.39 is 54.9 Å². The summed E-state index contributed by atoms with van der Waals surface area (Å²) in [6.07, 6.45) is -1.02. The van der Waals surface area contributed by atoms with Crippen LogP contribution in [0.5, 0.6) is 0 Å². The molecule has 1 aliphatic rings. The normalized spacial score (nSPS) is 21.9. The summed E-state index contributed by atoms with van der Waals surface area (Å²) in [6, 6.07) is -1.92. The molecule has 10 heteroatoms. The highest BCUT2D eigenvalue weighted by Gasteiger charge is 2.28. The molecule has 0 aromatic heterocycles. The van der Waals surface area contributed by atoms with Gasteiger partial charge in [-0.3, -0.25) is 14.4 Å². The molecule has 0 unspecified atom stereocenters. The maximum absolute atomic E-state index is 11.7. The molecule has 1 fully saturated rings. The van der Waals surface area contributed by atoms with Gasteiger partial charge in [0.25, 0.3) is 0 Å². The Morgan fingerprint density at radius 1 is 1.23 bits per heavy atom. The molecule has 0 radical (unpaired) electrons. The average Bonchev–Trinajstić information content (AvgIpc) is 2.86. The Bertz CT molecular complexity index is 454. The second-order valence-electron chi connectivity index (χ2n) is 4.96. The van der Waals surface area contributed by atoms with E-state index in [1.165, 1.54) is 0 Å². The van der Waals surface area contributed by atoms with E-state index in [1.54, 1.807) is 0 Å². The summed E-state index contributed by atoms with van der Waals surface area (Å²) in [5.41, 5.74) is 0. The molecule has 0 aromatic rings. The molecule has 6 N–H and O–H groups in total. The number of amides is 2. The number of rotatable bonds is 8. The van der Waals surface area contributed by atoms with Gasteiger partial charge in [-0.25, -0.2) is 4.79 Å². The minimum Gasteiger partial charge on any atom is -0.481 e. The molecule has 1 saturated heterocycles. The van der Waals surface area contributed by atoms with Crippen LogP contribution in [0, 0.1) is 0 Å². The zero-order valence-electron chi connectivity index (χ0n) is 11.7. The molecule has 0 aromatic carbocycles. The Labute approximate surface area is 125 Å². The van der Waals surface area contributed by atoms with Gasteiger partial charge in [0, 0.05) is 13.0 Å². The molecule has 124 valence electrons. The van der Waals surface area contributed by atoms with Crippen molar-refractivity contribution in [3.8, 4) is 0 Å². The van der Waals surface area contributed by atoms with Gasteiger partial charge in [-0.15, -0.1) is 0 Å². The van der Waals surface area contributed by atoms with Crippen LogP contribution < -0.4 is 16.0 Å². The number of hydrogen-bond donors (Lipinski definition) is 6. The van der Waals surface area contributed by atoms with Crippen molar-refractivity contribution in [1.82, 2.24) is 16.0 Å². The van der Waals surface area contributed by atoms with Crippen molar-refractivity contribution in [2.75, 3.05) is 13.1 Å². The van der Waals surface area contributed by atoms with E-state index in [2.05, 4.69) is 16.0 Å². The SMILES string of the molecule is O=C(O)CC[C@H](NC(=O)CNC(=O)[C@@H]1C[C@@H](O)CN1)C(=O)O. The second kappa shape index (κ2) is 8.29. The van der Waals surface area contributed by atoms with Crippen molar-refractivity contribution in [2.45, 2.75) is 37.5 Å². The van der Waals surface area contributed by atoms with Crippen molar-refractivity contribution in [3.05, 3.63) is 0 Å². The molecule has 3 atom stereocenters. The third-order valence-electron chi connectivity index (χ3n) is 3.13.